The standard InChI is InChI=1S/C24H32N6O3S/c1-15-10-11-18-17(13-15)30(24(32)33-18)12-6-5-9-21-26-20(28-29-21)8-4-2-3-7-19-22-16(14-34-19)25-23(31)27-22/h10-11,13,16,19,22H,2-9,12,14H2,1H3,(H2,25,27,31)(H,26,28,29)/t16-,19-,22-/m0/s1. The number of hydrogen-bond acceptors (Lipinski definition) is 6. The van der Waals surface area contributed by atoms with Crippen molar-refractivity contribution < 1.29 is 9.21 Å². The molecule has 9 nitrogen and oxygen atoms in total. The van der Waals surface area contributed by atoms with Crippen LogP contribution in [0.15, 0.2) is 27.4 Å². The van der Waals surface area contributed by atoms with E-state index in [-0.39, 0.29) is 11.8 Å². The summed E-state index contributed by atoms with van der Waals surface area (Å²) in [5.41, 5.74) is 2.62. The number of H-pyrrole nitrogens is 1. The number of urea groups is 1. The molecule has 0 bridgehead atoms. The van der Waals surface area contributed by atoms with Crippen LogP contribution in [0, 0.1) is 6.92 Å². The molecule has 0 aliphatic carbocycles. The van der Waals surface area contributed by atoms with Gasteiger partial charge in [0.05, 0.1) is 17.6 Å². The van der Waals surface area contributed by atoms with Crippen molar-refractivity contribution in [2.24, 2.45) is 0 Å². The number of carbonyl (C=O) groups is 1. The van der Waals surface area contributed by atoms with Crippen molar-refractivity contribution in [1.29, 1.82) is 0 Å². The number of aromatic amines is 1. The molecular weight excluding hydrogens is 452 g/mol. The van der Waals surface area contributed by atoms with Gasteiger partial charge < -0.3 is 15.1 Å². The summed E-state index contributed by atoms with van der Waals surface area (Å²) < 4.78 is 7.05. The second-order valence-corrected chi connectivity index (χ2v) is 10.6. The number of amides is 2. The van der Waals surface area contributed by atoms with Gasteiger partial charge in [-0.05, 0) is 50.3 Å². The van der Waals surface area contributed by atoms with Crippen LogP contribution in [0.5, 0.6) is 0 Å². The Morgan fingerprint density at radius 3 is 2.91 bits per heavy atom. The SMILES string of the molecule is Cc1ccc2oc(=O)n(CCCCc3n[nH]c(CCCCC[C@@H]4SC[C@@H]5NC(=O)N[C@@H]54)n3)c2c1. The average Bonchev–Trinajstić information content (AvgIpc) is 3.56. The molecule has 3 aromatic rings. The molecule has 0 radical (unpaired) electrons. The number of benzene rings is 1. The van der Waals surface area contributed by atoms with Gasteiger partial charge in [0.15, 0.2) is 11.4 Å². The normalized spacial score (nSPS) is 21.7. The predicted molar refractivity (Wildman–Crippen MR) is 132 cm³/mol. The van der Waals surface area contributed by atoms with Crippen molar-refractivity contribution in [3.05, 3.63) is 46.0 Å². The molecule has 2 fully saturated rings. The Morgan fingerprint density at radius 2 is 2.00 bits per heavy atom. The lowest BCUT2D eigenvalue weighted by Crippen LogP contribution is -2.36. The minimum Gasteiger partial charge on any atom is -0.408 e. The fourth-order valence-electron chi connectivity index (χ4n) is 4.95. The number of oxazole rings is 1. The van der Waals surface area contributed by atoms with Crippen molar-refractivity contribution in [2.75, 3.05) is 5.75 Å². The molecule has 2 aliphatic heterocycles. The summed E-state index contributed by atoms with van der Waals surface area (Å²) in [5, 5.41) is 14.0. The number of nitrogens with one attached hydrogen (secondary N) is 3. The highest BCUT2D eigenvalue weighted by atomic mass is 32.2. The molecule has 0 unspecified atom stereocenters. The van der Waals surface area contributed by atoms with Crippen LogP contribution in [0.1, 0.15) is 55.7 Å². The fraction of sp³-hybridized carbons (Fsp3) is 0.583. The van der Waals surface area contributed by atoms with E-state index in [1.165, 1.54) is 6.42 Å². The molecule has 0 spiro atoms. The number of nitrogens with zero attached hydrogens (tertiary/aromatic N) is 3. The van der Waals surface area contributed by atoms with E-state index in [1.54, 1.807) is 4.57 Å². The maximum atomic E-state index is 12.1. The first-order valence-electron chi connectivity index (χ1n) is 12.3. The van der Waals surface area contributed by atoms with Crippen LogP contribution in [0.25, 0.3) is 11.1 Å². The van der Waals surface area contributed by atoms with E-state index in [1.807, 2.05) is 36.9 Å². The van der Waals surface area contributed by atoms with E-state index in [2.05, 4.69) is 25.8 Å². The predicted octanol–water partition coefficient (Wildman–Crippen LogP) is 3.31. The van der Waals surface area contributed by atoms with Crippen molar-refractivity contribution >= 4 is 28.9 Å². The molecule has 2 amide bonds. The number of fused-ring (bicyclic) bond motifs is 2. The van der Waals surface area contributed by atoms with Crippen LogP contribution in [0.3, 0.4) is 0 Å². The van der Waals surface area contributed by atoms with Gasteiger partial charge in [-0.25, -0.2) is 14.6 Å². The Kier molecular flexibility index (Phi) is 6.94. The van der Waals surface area contributed by atoms with Crippen LogP contribution < -0.4 is 16.4 Å². The molecule has 1 aromatic carbocycles. The monoisotopic (exact) mass is 484 g/mol. The second-order valence-electron chi connectivity index (χ2n) is 9.37. The molecule has 3 N–H and O–H groups in total. The molecule has 2 aliphatic rings. The Morgan fingerprint density at radius 1 is 1.12 bits per heavy atom. The molecule has 34 heavy (non-hydrogen) atoms. The topological polar surface area (TPSA) is 118 Å². The summed E-state index contributed by atoms with van der Waals surface area (Å²) in [7, 11) is 0. The highest BCUT2D eigenvalue weighted by Crippen LogP contribution is 2.33. The number of carbonyl (C=O) groups excluding carboxylic acids is 1. The van der Waals surface area contributed by atoms with Crippen LogP contribution in [-0.4, -0.2) is 48.9 Å². The van der Waals surface area contributed by atoms with Gasteiger partial charge in [-0.3, -0.25) is 9.67 Å². The minimum atomic E-state index is -0.295. The third-order valence-corrected chi connectivity index (χ3v) is 8.28. The zero-order valence-corrected chi connectivity index (χ0v) is 20.3. The van der Waals surface area contributed by atoms with E-state index in [0.717, 1.165) is 73.4 Å². The second kappa shape index (κ2) is 10.2. The zero-order chi connectivity index (χ0) is 23.5. The largest absolute Gasteiger partial charge is 0.419 e. The molecular formula is C24H32N6O3S. The van der Waals surface area contributed by atoms with E-state index >= 15 is 0 Å². The molecule has 10 heteroatoms. The Bertz CT molecular complexity index is 1200. The number of hydrogen-bond donors (Lipinski definition) is 3. The summed E-state index contributed by atoms with van der Waals surface area (Å²) >= 11 is 1.97. The summed E-state index contributed by atoms with van der Waals surface area (Å²) in [6.07, 6.45) is 8.02. The summed E-state index contributed by atoms with van der Waals surface area (Å²) in [6.45, 7) is 2.65. The van der Waals surface area contributed by atoms with Gasteiger partial charge in [-0.1, -0.05) is 18.9 Å². The Labute approximate surface area is 202 Å². The highest BCUT2D eigenvalue weighted by Gasteiger charge is 2.42. The lowest BCUT2D eigenvalue weighted by Gasteiger charge is -2.16. The Hall–Kier alpha value is -2.75. The average molecular weight is 485 g/mol. The first-order chi connectivity index (χ1) is 16.6. The lowest BCUT2D eigenvalue weighted by atomic mass is 10.0. The molecule has 0 saturated carbocycles. The molecule has 2 aromatic heterocycles. The van der Waals surface area contributed by atoms with Gasteiger partial charge in [-0.2, -0.15) is 16.9 Å². The smallest absolute Gasteiger partial charge is 0.408 e. The number of rotatable bonds is 11. The van der Waals surface area contributed by atoms with Crippen molar-refractivity contribution in [1.82, 2.24) is 30.4 Å². The molecule has 3 atom stereocenters. The molecule has 4 heterocycles. The van der Waals surface area contributed by atoms with Gasteiger partial charge in [0.25, 0.3) is 0 Å². The van der Waals surface area contributed by atoms with E-state index in [4.69, 9.17) is 4.42 Å². The summed E-state index contributed by atoms with van der Waals surface area (Å²) in [5.74, 6) is 2.51. The molecule has 182 valence electrons. The van der Waals surface area contributed by atoms with Gasteiger partial charge >= 0.3 is 11.8 Å². The zero-order valence-electron chi connectivity index (χ0n) is 19.5. The molecule has 2 saturated heterocycles. The minimum absolute atomic E-state index is 0.0135. The van der Waals surface area contributed by atoms with Gasteiger partial charge in [0.2, 0.25) is 0 Å². The highest BCUT2D eigenvalue weighted by molar-refractivity contribution is 8.00. The van der Waals surface area contributed by atoms with E-state index in [9.17, 15) is 9.59 Å². The van der Waals surface area contributed by atoms with Crippen molar-refractivity contribution in [3.63, 3.8) is 0 Å². The quantitative estimate of drug-likeness (QED) is 0.284. The van der Waals surface area contributed by atoms with Gasteiger partial charge in [-0.15, -0.1) is 0 Å². The number of unbranched alkanes of at least 4 members (excludes halogenated alkanes) is 3. The van der Waals surface area contributed by atoms with Crippen LogP contribution in [0.4, 0.5) is 4.79 Å². The Balaban J connectivity index is 0.993. The first-order valence-corrected chi connectivity index (χ1v) is 13.3. The van der Waals surface area contributed by atoms with Crippen LogP contribution in [-0.2, 0) is 19.4 Å². The van der Waals surface area contributed by atoms with Gasteiger partial charge in [0.1, 0.15) is 5.82 Å². The number of aryl methyl sites for hydroxylation is 4. The lowest BCUT2D eigenvalue weighted by molar-refractivity contribution is 0.247. The van der Waals surface area contributed by atoms with E-state index in [0.29, 0.717) is 29.5 Å². The van der Waals surface area contributed by atoms with Crippen molar-refractivity contribution in [2.45, 2.75) is 82.2 Å². The number of thioether (sulfide) groups is 1. The maximum Gasteiger partial charge on any atom is 0.419 e. The van der Waals surface area contributed by atoms with E-state index < -0.39 is 0 Å². The number of aromatic nitrogens is 4. The van der Waals surface area contributed by atoms with Crippen LogP contribution >= 0.6 is 11.8 Å². The maximum absolute atomic E-state index is 12.1. The van der Waals surface area contributed by atoms with Gasteiger partial charge in [0, 0.05) is 30.4 Å². The first kappa shape index (κ1) is 23.0. The fourth-order valence-corrected chi connectivity index (χ4v) is 6.50. The third-order valence-electron chi connectivity index (χ3n) is 6.77. The van der Waals surface area contributed by atoms with Crippen molar-refractivity contribution in [3.8, 4) is 0 Å². The molecule has 5 rings (SSSR count). The summed E-state index contributed by atoms with van der Waals surface area (Å²) in [6, 6.07) is 6.39. The summed E-state index contributed by atoms with van der Waals surface area (Å²) in [4.78, 5) is 28.3. The van der Waals surface area contributed by atoms with Crippen LogP contribution in [0.2, 0.25) is 0 Å². The third kappa shape index (κ3) is 5.16.